The van der Waals surface area contributed by atoms with Crippen molar-refractivity contribution in [1.29, 1.82) is 0 Å². The molecule has 0 bridgehead atoms. The van der Waals surface area contributed by atoms with E-state index in [0.717, 1.165) is 44.7 Å². The molecule has 122 valence electrons. The van der Waals surface area contributed by atoms with E-state index in [2.05, 4.69) is 34.1 Å². The number of carbonyl (C=O) groups is 1. The van der Waals surface area contributed by atoms with Gasteiger partial charge >= 0.3 is 0 Å². The third kappa shape index (κ3) is 3.82. The molecule has 2 heterocycles. The van der Waals surface area contributed by atoms with Gasteiger partial charge in [-0.05, 0) is 50.0 Å². The van der Waals surface area contributed by atoms with Gasteiger partial charge in [-0.2, -0.15) is 0 Å². The minimum atomic E-state index is 0.168. The van der Waals surface area contributed by atoms with Gasteiger partial charge in [0.25, 0.3) is 5.91 Å². The molecule has 1 aliphatic rings. The van der Waals surface area contributed by atoms with Crippen molar-refractivity contribution >= 4 is 5.91 Å². The molecule has 1 aliphatic heterocycles. The Morgan fingerprint density at radius 1 is 1.22 bits per heavy atom. The second-order valence-corrected chi connectivity index (χ2v) is 6.29. The lowest BCUT2D eigenvalue weighted by atomic mass is 10.1. The second-order valence-electron chi connectivity index (χ2n) is 6.29. The van der Waals surface area contributed by atoms with Crippen LogP contribution in [0.2, 0.25) is 0 Å². The van der Waals surface area contributed by atoms with Gasteiger partial charge in [-0.3, -0.25) is 4.79 Å². The number of hydrogen-bond acceptors (Lipinski definition) is 2. The van der Waals surface area contributed by atoms with E-state index in [4.69, 9.17) is 0 Å². The average molecular weight is 311 g/mol. The molecule has 1 N–H and O–H groups in total. The Kier molecular flexibility index (Phi) is 5.13. The van der Waals surface area contributed by atoms with Gasteiger partial charge in [0.05, 0.1) is 0 Å². The van der Waals surface area contributed by atoms with Crippen molar-refractivity contribution in [1.82, 2.24) is 14.8 Å². The summed E-state index contributed by atoms with van der Waals surface area (Å²) in [5.41, 5.74) is 2.11. The molecular formula is C19H25N3O. The lowest BCUT2D eigenvalue weighted by molar-refractivity contribution is 0.0776. The maximum atomic E-state index is 12.8. The Labute approximate surface area is 138 Å². The van der Waals surface area contributed by atoms with E-state index < -0.39 is 0 Å². The monoisotopic (exact) mass is 311 g/mol. The molecule has 23 heavy (non-hydrogen) atoms. The van der Waals surface area contributed by atoms with Crippen molar-refractivity contribution in [3.63, 3.8) is 0 Å². The number of amides is 1. The number of nitrogens with zero attached hydrogens (tertiary/aromatic N) is 2. The third-order valence-corrected chi connectivity index (χ3v) is 4.60. The van der Waals surface area contributed by atoms with Gasteiger partial charge in [-0.25, -0.2) is 0 Å². The minimum Gasteiger partial charge on any atom is -0.343 e. The van der Waals surface area contributed by atoms with Crippen LogP contribution in [0.15, 0.2) is 48.7 Å². The largest absolute Gasteiger partial charge is 0.343 e. The summed E-state index contributed by atoms with van der Waals surface area (Å²) in [6.07, 6.45) is 4.05. The SMILES string of the molecule is CNCC1CCN(C(=O)c2cccn2CCc2ccccc2)C1. The maximum absolute atomic E-state index is 12.8. The van der Waals surface area contributed by atoms with Crippen LogP contribution in [0.4, 0.5) is 0 Å². The fourth-order valence-corrected chi connectivity index (χ4v) is 3.33. The molecular weight excluding hydrogens is 286 g/mol. The number of aromatic nitrogens is 1. The summed E-state index contributed by atoms with van der Waals surface area (Å²) in [6.45, 7) is 3.56. The normalized spacial score (nSPS) is 17.6. The van der Waals surface area contributed by atoms with E-state index in [9.17, 15) is 4.79 Å². The van der Waals surface area contributed by atoms with Crippen LogP contribution < -0.4 is 5.32 Å². The summed E-state index contributed by atoms with van der Waals surface area (Å²) >= 11 is 0. The number of rotatable bonds is 6. The second kappa shape index (κ2) is 7.47. The van der Waals surface area contributed by atoms with Crippen LogP contribution in [0.25, 0.3) is 0 Å². The lowest BCUT2D eigenvalue weighted by Gasteiger charge is -2.18. The molecule has 1 amide bonds. The Morgan fingerprint density at radius 3 is 2.83 bits per heavy atom. The molecule has 1 aromatic carbocycles. The Bertz CT molecular complexity index is 635. The van der Waals surface area contributed by atoms with Crippen molar-refractivity contribution in [3.05, 3.63) is 59.9 Å². The highest BCUT2D eigenvalue weighted by molar-refractivity contribution is 5.93. The molecule has 0 radical (unpaired) electrons. The molecule has 4 nitrogen and oxygen atoms in total. The fraction of sp³-hybridized carbons (Fsp3) is 0.421. The molecule has 1 atom stereocenters. The first-order valence-electron chi connectivity index (χ1n) is 8.41. The predicted octanol–water partition coefficient (Wildman–Crippen LogP) is 2.41. The van der Waals surface area contributed by atoms with E-state index in [0.29, 0.717) is 5.92 Å². The van der Waals surface area contributed by atoms with E-state index in [-0.39, 0.29) is 5.91 Å². The first-order valence-corrected chi connectivity index (χ1v) is 8.41. The van der Waals surface area contributed by atoms with Crippen molar-refractivity contribution in [3.8, 4) is 0 Å². The number of carbonyl (C=O) groups excluding carboxylic acids is 1. The number of nitrogens with one attached hydrogen (secondary N) is 1. The van der Waals surface area contributed by atoms with Crippen molar-refractivity contribution in [2.75, 3.05) is 26.7 Å². The molecule has 1 fully saturated rings. The van der Waals surface area contributed by atoms with Crippen LogP contribution in [0, 0.1) is 5.92 Å². The van der Waals surface area contributed by atoms with Crippen LogP contribution in [0.1, 0.15) is 22.5 Å². The van der Waals surface area contributed by atoms with E-state index in [1.807, 2.05) is 36.3 Å². The summed E-state index contributed by atoms with van der Waals surface area (Å²) < 4.78 is 2.08. The molecule has 0 aliphatic carbocycles. The van der Waals surface area contributed by atoms with Crippen LogP contribution in [0.3, 0.4) is 0 Å². The molecule has 1 unspecified atom stereocenters. The summed E-state index contributed by atoms with van der Waals surface area (Å²) in [7, 11) is 1.97. The summed E-state index contributed by atoms with van der Waals surface area (Å²) in [4.78, 5) is 14.8. The number of aryl methyl sites for hydroxylation is 2. The van der Waals surface area contributed by atoms with Gasteiger partial charge in [-0.15, -0.1) is 0 Å². The zero-order chi connectivity index (χ0) is 16.1. The van der Waals surface area contributed by atoms with Crippen molar-refractivity contribution in [2.45, 2.75) is 19.4 Å². The van der Waals surface area contributed by atoms with Gasteiger partial charge in [0.2, 0.25) is 0 Å². The highest BCUT2D eigenvalue weighted by Crippen LogP contribution is 2.18. The highest BCUT2D eigenvalue weighted by Gasteiger charge is 2.27. The Morgan fingerprint density at radius 2 is 2.04 bits per heavy atom. The van der Waals surface area contributed by atoms with Crippen LogP contribution in [0.5, 0.6) is 0 Å². The molecule has 2 aromatic rings. The smallest absolute Gasteiger partial charge is 0.270 e. The van der Waals surface area contributed by atoms with E-state index in [1.54, 1.807) is 0 Å². The lowest BCUT2D eigenvalue weighted by Crippen LogP contribution is -2.31. The van der Waals surface area contributed by atoms with E-state index >= 15 is 0 Å². The molecule has 4 heteroatoms. The highest BCUT2D eigenvalue weighted by atomic mass is 16.2. The zero-order valence-electron chi connectivity index (χ0n) is 13.7. The van der Waals surface area contributed by atoms with Crippen LogP contribution >= 0.6 is 0 Å². The Balaban J connectivity index is 1.63. The van der Waals surface area contributed by atoms with Gasteiger partial charge in [0, 0.05) is 25.8 Å². The predicted molar refractivity (Wildman–Crippen MR) is 92.5 cm³/mol. The number of hydrogen-bond donors (Lipinski definition) is 1. The topological polar surface area (TPSA) is 37.3 Å². The van der Waals surface area contributed by atoms with Gasteiger partial charge < -0.3 is 14.8 Å². The van der Waals surface area contributed by atoms with Gasteiger partial charge in [0.15, 0.2) is 0 Å². The molecule has 0 spiro atoms. The van der Waals surface area contributed by atoms with Crippen molar-refractivity contribution < 1.29 is 4.79 Å². The summed E-state index contributed by atoms with van der Waals surface area (Å²) in [5.74, 6) is 0.748. The first-order chi connectivity index (χ1) is 11.3. The molecule has 3 rings (SSSR count). The van der Waals surface area contributed by atoms with Gasteiger partial charge in [-0.1, -0.05) is 30.3 Å². The minimum absolute atomic E-state index is 0.168. The fourth-order valence-electron chi connectivity index (χ4n) is 3.33. The summed E-state index contributed by atoms with van der Waals surface area (Å²) in [5, 5.41) is 3.21. The Hall–Kier alpha value is -2.07. The van der Waals surface area contributed by atoms with E-state index in [1.165, 1.54) is 5.56 Å². The standard InChI is InChI=1S/C19H25N3O/c1-20-14-17-10-13-22(15-17)19(23)18-8-5-11-21(18)12-9-16-6-3-2-4-7-16/h2-8,11,17,20H,9-10,12-15H2,1H3. The third-order valence-electron chi connectivity index (χ3n) is 4.60. The summed E-state index contributed by atoms with van der Waals surface area (Å²) in [6, 6.07) is 14.3. The maximum Gasteiger partial charge on any atom is 0.270 e. The number of benzene rings is 1. The average Bonchev–Trinajstić information content (AvgIpc) is 3.23. The molecule has 1 aromatic heterocycles. The van der Waals surface area contributed by atoms with Crippen LogP contribution in [-0.4, -0.2) is 42.1 Å². The first kappa shape index (κ1) is 15.8. The number of likely N-dealkylation sites (tertiary alicyclic amines) is 1. The van der Waals surface area contributed by atoms with Crippen LogP contribution in [-0.2, 0) is 13.0 Å². The van der Waals surface area contributed by atoms with Gasteiger partial charge in [0.1, 0.15) is 5.69 Å². The molecule has 1 saturated heterocycles. The molecule has 0 saturated carbocycles. The quantitative estimate of drug-likeness (QED) is 0.889. The zero-order valence-corrected chi connectivity index (χ0v) is 13.7. The van der Waals surface area contributed by atoms with Crippen molar-refractivity contribution in [2.24, 2.45) is 5.92 Å².